The molecule has 19 heavy (non-hydrogen) atoms. The first kappa shape index (κ1) is 16.3. The predicted octanol–water partition coefficient (Wildman–Crippen LogP) is 2.54. The Morgan fingerprint density at radius 2 is 1.84 bits per heavy atom. The topological polar surface area (TPSA) is 58.2 Å². The zero-order valence-corrected chi connectivity index (χ0v) is 13.1. The molecule has 0 saturated heterocycles. The lowest BCUT2D eigenvalue weighted by Crippen LogP contribution is -2.19. The third-order valence-electron chi connectivity index (χ3n) is 2.63. The van der Waals surface area contributed by atoms with Crippen LogP contribution in [0.5, 0.6) is 0 Å². The van der Waals surface area contributed by atoms with E-state index in [2.05, 4.69) is 10.0 Å². The Morgan fingerprint density at radius 1 is 1.16 bits per heavy atom. The molecule has 1 rings (SSSR count). The molecule has 0 aromatic heterocycles. The minimum absolute atomic E-state index is 0.169. The van der Waals surface area contributed by atoms with Gasteiger partial charge in [0.2, 0.25) is 10.0 Å². The molecule has 0 aliphatic heterocycles. The fourth-order valence-corrected chi connectivity index (χ4v) is 3.20. The molecule has 6 heteroatoms. The Balaban J connectivity index is 2.40. The van der Waals surface area contributed by atoms with Crippen LogP contribution < -0.4 is 10.0 Å². The molecule has 0 amide bonds. The van der Waals surface area contributed by atoms with Crippen LogP contribution >= 0.6 is 11.8 Å². The number of thioether (sulfide) groups is 1. The van der Waals surface area contributed by atoms with Crippen molar-refractivity contribution in [2.24, 2.45) is 0 Å². The molecule has 0 heterocycles. The van der Waals surface area contributed by atoms with E-state index in [9.17, 15) is 8.42 Å². The average Bonchev–Trinajstić information content (AvgIpc) is 2.39. The molecule has 0 saturated carbocycles. The van der Waals surface area contributed by atoms with Gasteiger partial charge >= 0.3 is 0 Å². The molecule has 2 N–H and O–H groups in total. The summed E-state index contributed by atoms with van der Waals surface area (Å²) in [4.78, 5) is 1.12. The molecule has 0 aliphatic carbocycles. The average molecular weight is 302 g/mol. The van der Waals surface area contributed by atoms with Crippen LogP contribution in [0.3, 0.4) is 0 Å². The number of hydrogen-bond acceptors (Lipinski definition) is 4. The van der Waals surface area contributed by atoms with E-state index in [4.69, 9.17) is 0 Å². The highest BCUT2D eigenvalue weighted by Crippen LogP contribution is 2.18. The van der Waals surface area contributed by atoms with Gasteiger partial charge in [-0.1, -0.05) is 6.92 Å². The summed E-state index contributed by atoms with van der Waals surface area (Å²) in [7, 11) is -3.23. The number of hydrogen-bond donors (Lipinski definition) is 2. The summed E-state index contributed by atoms with van der Waals surface area (Å²) < 4.78 is 26.3. The number of benzene rings is 1. The van der Waals surface area contributed by atoms with Crippen LogP contribution in [-0.2, 0) is 10.0 Å². The Kier molecular flexibility index (Phi) is 7.27. The molecular formula is C13H22N2O2S2. The van der Waals surface area contributed by atoms with Crippen molar-refractivity contribution in [3.63, 3.8) is 0 Å². The van der Waals surface area contributed by atoms with Crippen molar-refractivity contribution in [3.8, 4) is 0 Å². The van der Waals surface area contributed by atoms with E-state index in [-0.39, 0.29) is 5.75 Å². The van der Waals surface area contributed by atoms with Gasteiger partial charge in [-0.2, -0.15) is 0 Å². The summed E-state index contributed by atoms with van der Waals surface area (Å²) in [5, 5.41) is 3.18. The highest BCUT2D eigenvalue weighted by Gasteiger charge is 2.09. The number of anilines is 1. The van der Waals surface area contributed by atoms with E-state index in [1.165, 1.54) is 0 Å². The van der Waals surface area contributed by atoms with Crippen molar-refractivity contribution < 1.29 is 8.42 Å². The molecular weight excluding hydrogens is 280 g/mol. The Bertz CT molecular complexity index is 458. The highest BCUT2D eigenvalue weighted by atomic mass is 32.2. The largest absolute Gasteiger partial charge is 0.317 e. The molecule has 0 bridgehead atoms. The first-order valence-electron chi connectivity index (χ1n) is 6.42. The number of sulfonamides is 1. The van der Waals surface area contributed by atoms with Crippen LogP contribution in [0.25, 0.3) is 0 Å². The van der Waals surface area contributed by atoms with E-state index in [1.54, 1.807) is 23.9 Å². The molecule has 108 valence electrons. The summed E-state index contributed by atoms with van der Waals surface area (Å²) in [6, 6.07) is 7.41. The maximum atomic E-state index is 11.9. The summed E-state index contributed by atoms with van der Waals surface area (Å²) in [5.41, 5.74) is 0.629. The molecule has 1 aromatic carbocycles. The first-order valence-corrected chi connectivity index (χ1v) is 9.30. The fraction of sp³-hybridized carbons (Fsp3) is 0.538. The molecule has 1 aromatic rings. The van der Waals surface area contributed by atoms with Gasteiger partial charge < -0.3 is 5.32 Å². The zero-order valence-electron chi connectivity index (χ0n) is 11.5. The maximum absolute atomic E-state index is 11.9. The lowest BCUT2D eigenvalue weighted by molar-refractivity contribution is 0.593. The van der Waals surface area contributed by atoms with Gasteiger partial charge in [0.15, 0.2) is 0 Å². The van der Waals surface area contributed by atoms with Gasteiger partial charge in [-0.05, 0) is 56.5 Å². The zero-order chi connectivity index (χ0) is 14.1. The van der Waals surface area contributed by atoms with Gasteiger partial charge in [0.1, 0.15) is 0 Å². The van der Waals surface area contributed by atoms with Crippen molar-refractivity contribution in [2.75, 3.05) is 29.8 Å². The van der Waals surface area contributed by atoms with Crippen LogP contribution in [0.1, 0.15) is 19.8 Å². The van der Waals surface area contributed by atoms with Crippen molar-refractivity contribution in [2.45, 2.75) is 24.7 Å². The van der Waals surface area contributed by atoms with E-state index < -0.39 is 10.0 Å². The minimum Gasteiger partial charge on any atom is -0.317 e. The molecule has 4 nitrogen and oxygen atoms in total. The van der Waals surface area contributed by atoms with E-state index in [1.807, 2.05) is 25.3 Å². The Morgan fingerprint density at radius 3 is 2.42 bits per heavy atom. The summed E-state index contributed by atoms with van der Waals surface area (Å²) in [6.45, 7) is 3.83. The molecule has 0 radical (unpaired) electrons. The first-order chi connectivity index (χ1) is 9.07. The number of nitrogens with one attached hydrogen (secondary N) is 2. The summed E-state index contributed by atoms with van der Waals surface area (Å²) >= 11 is 1.63. The number of rotatable bonds is 9. The lowest BCUT2D eigenvalue weighted by atomic mass is 10.3. The van der Waals surface area contributed by atoms with Crippen LogP contribution in [-0.4, -0.2) is 33.5 Å². The van der Waals surface area contributed by atoms with Crippen LogP contribution in [0.2, 0.25) is 0 Å². The molecule has 0 aliphatic rings. The standard InChI is InChI=1S/C13H22N2O2S2/c1-3-14-10-4-5-11-19(16,17)15-12-6-8-13(18-2)9-7-12/h6-9,14-15H,3-5,10-11H2,1-2H3. The fourth-order valence-electron chi connectivity index (χ4n) is 1.61. The quantitative estimate of drug-likeness (QED) is 0.544. The Labute approximate surface area is 120 Å². The minimum atomic E-state index is -3.23. The Hall–Kier alpha value is -0.720. The predicted molar refractivity (Wildman–Crippen MR) is 83.4 cm³/mol. The van der Waals surface area contributed by atoms with Crippen LogP contribution in [0.4, 0.5) is 5.69 Å². The second-order valence-electron chi connectivity index (χ2n) is 4.21. The van der Waals surface area contributed by atoms with Gasteiger partial charge in [-0.25, -0.2) is 8.42 Å². The highest BCUT2D eigenvalue weighted by molar-refractivity contribution is 7.98. The number of unbranched alkanes of at least 4 members (excludes halogenated alkanes) is 1. The van der Waals surface area contributed by atoms with Crippen molar-refractivity contribution in [3.05, 3.63) is 24.3 Å². The van der Waals surface area contributed by atoms with Crippen LogP contribution in [0, 0.1) is 0 Å². The van der Waals surface area contributed by atoms with E-state index in [0.29, 0.717) is 12.1 Å². The van der Waals surface area contributed by atoms with Gasteiger partial charge in [0.05, 0.1) is 5.75 Å². The van der Waals surface area contributed by atoms with E-state index >= 15 is 0 Å². The van der Waals surface area contributed by atoms with Gasteiger partial charge in [0.25, 0.3) is 0 Å². The van der Waals surface area contributed by atoms with Crippen molar-refractivity contribution >= 4 is 27.5 Å². The van der Waals surface area contributed by atoms with Gasteiger partial charge in [-0.3, -0.25) is 4.72 Å². The lowest BCUT2D eigenvalue weighted by Gasteiger charge is -2.08. The smallest absolute Gasteiger partial charge is 0.232 e. The molecule has 0 fully saturated rings. The third kappa shape index (κ3) is 6.84. The van der Waals surface area contributed by atoms with E-state index in [0.717, 1.165) is 24.4 Å². The second-order valence-corrected chi connectivity index (χ2v) is 6.93. The van der Waals surface area contributed by atoms with Gasteiger partial charge in [0, 0.05) is 10.6 Å². The summed E-state index contributed by atoms with van der Waals surface area (Å²) in [6.07, 6.45) is 3.54. The maximum Gasteiger partial charge on any atom is 0.232 e. The normalized spacial score (nSPS) is 11.5. The van der Waals surface area contributed by atoms with Crippen LogP contribution in [0.15, 0.2) is 29.2 Å². The van der Waals surface area contributed by atoms with Crippen molar-refractivity contribution in [1.29, 1.82) is 0 Å². The summed E-state index contributed by atoms with van der Waals surface area (Å²) in [5.74, 6) is 0.169. The SMILES string of the molecule is CCNCCCCS(=O)(=O)Nc1ccc(SC)cc1. The molecule has 0 spiro atoms. The molecule has 0 atom stereocenters. The van der Waals surface area contributed by atoms with Crippen molar-refractivity contribution in [1.82, 2.24) is 5.32 Å². The second kappa shape index (κ2) is 8.45. The monoisotopic (exact) mass is 302 g/mol. The van der Waals surface area contributed by atoms with Gasteiger partial charge in [-0.15, -0.1) is 11.8 Å². The molecule has 0 unspecified atom stereocenters. The third-order valence-corrected chi connectivity index (χ3v) is 4.75.